The second-order valence-corrected chi connectivity index (χ2v) is 8.25. The van der Waals surface area contributed by atoms with Crippen molar-refractivity contribution in [2.75, 3.05) is 37.0 Å². The van der Waals surface area contributed by atoms with E-state index in [1.165, 1.54) is 0 Å². The van der Waals surface area contributed by atoms with Crippen LogP contribution in [0.15, 0.2) is 12.1 Å². The summed E-state index contributed by atoms with van der Waals surface area (Å²) in [5.41, 5.74) is -0.545. The molecule has 0 radical (unpaired) electrons. The highest BCUT2D eigenvalue weighted by molar-refractivity contribution is 7.91. The minimum absolute atomic E-state index is 0.0212. The molecule has 1 aromatic carbocycles. The van der Waals surface area contributed by atoms with Crippen LogP contribution in [0.1, 0.15) is 6.42 Å². The maximum atomic E-state index is 13.5. The molecule has 26 heavy (non-hydrogen) atoms. The van der Waals surface area contributed by atoms with E-state index in [1.54, 1.807) is 11.9 Å². The quantitative estimate of drug-likeness (QED) is 0.677. The fraction of sp³-hybridized carbons (Fsp3) is 0.467. The lowest BCUT2D eigenvalue weighted by molar-refractivity contribution is -0.125. The van der Waals surface area contributed by atoms with Crippen molar-refractivity contribution in [3.63, 3.8) is 0 Å². The van der Waals surface area contributed by atoms with Gasteiger partial charge in [-0.25, -0.2) is 21.6 Å². The van der Waals surface area contributed by atoms with E-state index < -0.39 is 51.3 Å². The van der Waals surface area contributed by atoms with Crippen molar-refractivity contribution >= 4 is 27.3 Å². The first-order chi connectivity index (χ1) is 12.1. The number of hydrogen-bond donors (Lipinski definition) is 2. The van der Waals surface area contributed by atoms with E-state index in [0.29, 0.717) is 12.5 Å². The molecular weight excluding hydrogens is 375 g/mol. The minimum Gasteiger partial charge on any atom is -0.346 e. The first-order valence-corrected chi connectivity index (χ1v) is 9.52. The summed E-state index contributed by atoms with van der Waals surface area (Å²) in [6, 6.07) is 1.26. The average Bonchev–Trinajstić information content (AvgIpc) is 2.93. The zero-order valence-corrected chi connectivity index (χ0v) is 14.7. The number of carbonyl (C=O) groups excluding carboxylic acids is 2. The van der Waals surface area contributed by atoms with Gasteiger partial charge >= 0.3 is 0 Å². The van der Waals surface area contributed by atoms with Gasteiger partial charge < -0.3 is 10.6 Å². The lowest BCUT2D eigenvalue weighted by Gasteiger charge is -2.22. The van der Waals surface area contributed by atoms with Gasteiger partial charge in [-0.05, 0) is 25.6 Å². The van der Waals surface area contributed by atoms with E-state index >= 15 is 0 Å². The molecule has 1 saturated heterocycles. The summed E-state index contributed by atoms with van der Waals surface area (Å²) in [6.07, 6.45) is 0.433. The van der Waals surface area contributed by atoms with Crippen molar-refractivity contribution in [2.24, 2.45) is 0 Å². The molecule has 11 heteroatoms. The standard InChI is InChI=1S/C15H18F3N3O4S/c1-21(9-4-5-26(24,25)8-9)7-13(23)19-6-12(22)20-11-3-2-10(16)14(17)15(11)18/h2-3,9H,4-8H2,1H3,(H,19,23)(H,20,22)/t9-/m1/s1. The Morgan fingerprint density at radius 1 is 1.19 bits per heavy atom. The fourth-order valence-electron chi connectivity index (χ4n) is 2.53. The zero-order chi connectivity index (χ0) is 19.5. The molecule has 0 saturated carbocycles. The van der Waals surface area contributed by atoms with Crippen molar-refractivity contribution in [1.82, 2.24) is 10.2 Å². The van der Waals surface area contributed by atoms with Gasteiger partial charge in [-0.1, -0.05) is 0 Å². The fourth-order valence-corrected chi connectivity index (χ4v) is 4.34. The lowest BCUT2D eigenvalue weighted by Crippen LogP contribution is -2.43. The summed E-state index contributed by atoms with van der Waals surface area (Å²) in [4.78, 5) is 25.1. The predicted octanol–water partition coefficient (Wildman–Crippen LogP) is 0.277. The van der Waals surface area contributed by atoms with Crippen LogP contribution in [-0.2, 0) is 19.4 Å². The van der Waals surface area contributed by atoms with Gasteiger partial charge in [0.1, 0.15) is 0 Å². The molecule has 0 aliphatic carbocycles. The normalized spacial score (nSPS) is 18.7. The van der Waals surface area contributed by atoms with E-state index in [2.05, 4.69) is 5.32 Å². The van der Waals surface area contributed by atoms with Crippen LogP contribution in [0.3, 0.4) is 0 Å². The summed E-state index contributed by atoms with van der Waals surface area (Å²) in [7, 11) is -1.48. The number of sulfone groups is 1. The maximum absolute atomic E-state index is 13.5. The number of rotatable bonds is 6. The number of halogens is 3. The summed E-state index contributed by atoms with van der Waals surface area (Å²) >= 11 is 0. The molecule has 7 nitrogen and oxygen atoms in total. The molecule has 1 aliphatic rings. The first-order valence-electron chi connectivity index (χ1n) is 7.70. The first kappa shape index (κ1) is 20.2. The number of nitrogens with zero attached hydrogens (tertiary/aromatic N) is 1. The Labute approximate surface area is 148 Å². The molecule has 1 aliphatic heterocycles. The molecule has 1 aromatic rings. The van der Waals surface area contributed by atoms with Crippen LogP contribution in [0.2, 0.25) is 0 Å². The van der Waals surface area contributed by atoms with Crippen molar-refractivity contribution in [2.45, 2.75) is 12.5 Å². The highest BCUT2D eigenvalue weighted by Crippen LogP contribution is 2.19. The lowest BCUT2D eigenvalue weighted by atomic mass is 10.2. The third kappa shape index (κ3) is 5.18. The Balaban J connectivity index is 1.80. The van der Waals surface area contributed by atoms with E-state index in [4.69, 9.17) is 0 Å². The van der Waals surface area contributed by atoms with E-state index in [-0.39, 0.29) is 24.1 Å². The van der Waals surface area contributed by atoms with Crippen LogP contribution < -0.4 is 10.6 Å². The van der Waals surface area contributed by atoms with Gasteiger partial charge in [0, 0.05) is 6.04 Å². The zero-order valence-electron chi connectivity index (χ0n) is 13.9. The Morgan fingerprint density at radius 2 is 1.88 bits per heavy atom. The molecule has 0 aromatic heterocycles. The van der Waals surface area contributed by atoms with Crippen LogP contribution in [0.25, 0.3) is 0 Å². The van der Waals surface area contributed by atoms with Gasteiger partial charge in [0.2, 0.25) is 11.8 Å². The van der Waals surface area contributed by atoms with E-state index in [9.17, 15) is 31.2 Å². The van der Waals surface area contributed by atoms with Crippen LogP contribution >= 0.6 is 0 Å². The van der Waals surface area contributed by atoms with Crippen LogP contribution in [-0.4, -0.2) is 62.8 Å². The van der Waals surface area contributed by atoms with Gasteiger partial charge in [-0.3, -0.25) is 14.5 Å². The number of nitrogens with one attached hydrogen (secondary N) is 2. The van der Waals surface area contributed by atoms with Gasteiger partial charge in [-0.2, -0.15) is 0 Å². The maximum Gasteiger partial charge on any atom is 0.243 e. The van der Waals surface area contributed by atoms with Gasteiger partial charge in [0.05, 0.1) is 30.3 Å². The minimum atomic E-state index is -3.08. The molecule has 2 rings (SSSR count). The predicted molar refractivity (Wildman–Crippen MR) is 87.6 cm³/mol. The smallest absolute Gasteiger partial charge is 0.243 e. The number of hydrogen-bond acceptors (Lipinski definition) is 5. The van der Waals surface area contributed by atoms with Crippen LogP contribution in [0.4, 0.5) is 18.9 Å². The van der Waals surface area contributed by atoms with Gasteiger partial charge in [-0.15, -0.1) is 0 Å². The number of benzene rings is 1. The molecule has 144 valence electrons. The third-order valence-electron chi connectivity index (χ3n) is 3.98. The third-order valence-corrected chi connectivity index (χ3v) is 5.73. The number of anilines is 1. The topological polar surface area (TPSA) is 95.6 Å². The second kappa shape index (κ2) is 8.04. The van der Waals surface area contributed by atoms with Crippen molar-refractivity contribution in [3.05, 3.63) is 29.6 Å². The van der Waals surface area contributed by atoms with Crippen LogP contribution in [0, 0.1) is 17.5 Å². The van der Waals surface area contributed by atoms with E-state index in [1.807, 2.05) is 5.32 Å². The average molecular weight is 393 g/mol. The summed E-state index contributed by atoms with van der Waals surface area (Å²) in [5.74, 6) is -5.93. The Kier molecular flexibility index (Phi) is 6.24. The van der Waals surface area contributed by atoms with E-state index in [0.717, 1.165) is 6.07 Å². The molecule has 0 bridgehead atoms. The summed E-state index contributed by atoms with van der Waals surface area (Å²) < 4.78 is 62.2. The van der Waals surface area contributed by atoms with Crippen molar-refractivity contribution < 1.29 is 31.2 Å². The Morgan fingerprint density at radius 3 is 2.50 bits per heavy atom. The molecule has 2 N–H and O–H groups in total. The molecule has 0 unspecified atom stereocenters. The van der Waals surface area contributed by atoms with Gasteiger partial charge in [0.15, 0.2) is 27.3 Å². The number of amides is 2. The molecular formula is C15H18F3N3O4S. The molecule has 1 atom stereocenters. The van der Waals surface area contributed by atoms with Crippen molar-refractivity contribution in [1.29, 1.82) is 0 Å². The summed E-state index contributed by atoms with van der Waals surface area (Å²) in [5, 5.41) is 4.32. The molecule has 0 spiro atoms. The molecule has 2 amide bonds. The second-order valence-electron chi connectivity index (χ2n) is 6.02. The highest BCUT2D eigenvalue weighted by Gasteiger charge is 2.31. The van der Waals surface area contributed by atoms with Gasteiger partial charge in [0.25, 0.3) is 0 Å². The Hall–Kier alpha value is -2.14. The number of likely N-dealkylation sites (N-methyl/N-ethyl adjacent to an activating group) is 1. The molecule has 1 heterocycles. The SMILES string of the molecule is CN(CC(=O)NCC(=O)Nc1ccc(F)c(F)c1F)[C@@H]1CCS(=O)(=O)C1. The van der Waals surface area contributed by atoms with Crippen molar-refractivity contribution in [3.8, 4) is 0 Å². The van der Waals surface area contributed by atoms with Crippen LogP contribution in [0.5, 0.6) is 0 Å². The Bertz CT molecular complexity index is 817. The highest BCUT2D eigenvalue weighted by atomic mass is 32.2. The largest absolute Gasteiger partial charge is 0.346 e. The number of carbonyl (C=O) groups is 2. The monoisotopic (exact) mass is 393 g/mol. The molecule has 1 fully saturated rings. The summed E-state index contributed by atoms with van der Waals surface area (Å²) in [6.45, 7) is -0.624.